The average molecular weight is 565 g/mol. The molecule has 9 nitrogen and oxygen atoms in total. The Hall–Kier alpha value is -1.52. The Bertz CT molecular complexity index is 1100. The molecule has 0 unspecified atom stereocenters. The largest absolute Gasteiger partial charge is 0.469 e. The van der Waals surface area contributed by atoms with Crippen LogP contribution in [0.25, 0.3) is 0 Å². The summed E-state index contributed by atoms with van der Waals surface area (Å²) < 4.78 is 16.7. The monoisotopic (exact) mass is 564 g/mol. The molecule has 4 aliphatic carbocycles. The molecule has 0 bridgehead atoms. The molecule has 40 heavy (non-hydrogen) atoms. The van der Waals surface area contributed by atoms with Crippen molar-refractivity contribution >= 4 is 11.9 Å². The Kier molecular flexibility index (Phi) is 6.92. The Labute approximate surface area is 237 Å². The molecule has 0 aromatic heterocycles. The predicted molar refractivity (Wildman–Crippen MR) is 145 cm³/mol. The van der Waals surface area contributed by atoms with Crippen molar-refractivity contribution in [1.82, 2.24) is 0 Å². The zero-order valence-corrected chi connectivity index (χ0v) is 25.0. The van der Waals surface area contributed by atoms with E-state index in [0.29, 0.717) is 38.5 Å². The van der Waals surface area contributed by atoms with Gasteiger partial charge in [-0.2, -0.15) is 0 Å². The summed E-state index contributed by atoms with van der Waals surface area (Å²) in [7, 11) is 2.67. The van der Waals surface area contributed by atoms with E-state index in [0.717, 1.165) is 5.57 Å². The number of hydrogen-bond acceptors (Lipinski definition) is 9. The van der Waals surface area contributed by atoms with Crippen molar-refractivity contribution in [2.45, 2.75) is 110 Å². The molecule has 0 spiro atoms. The number of fused-ring (bicyclic) bond motifs is 7. The molecule has 3 saturated carbocycles. The fourth-order valence-corrected chi connectivity index (χ4v) is 11.1. The number of rotatable bonds is 4. The van der Waals surface area contributed by atoms with Crippen LogP contribution in [0, 0.1) is 38.9 Å². The molecule has 0 aromatic carbocycles. The van der Waals surface area contributed by atoms with Gasteiger partial charge in [-0.05, 0) is 69.1 Å². The number of ether oxygens (including phenoxy) is 3. The lowest BCUT2D eigenvalue weighted by atomic mass is 9.29. The van der Waals surface area contributed by atoms with Crippen LogP contribution in [0.2, 0.25) is 0 Å². The molecule has 5 rings (SSSR count). The number of aliphatic hydroxyl groups is 4. The molecule has 0 amide bonds. The third kappa shape index (κ3) is 3.27. The fourth-order valence-electron chi connectivity index (χ4n) is 11.1. The number of carbonyl (C=O) groups is 2. The molecule has 12 atom stereocenters. The smallest absolute Gasteiger partial charge is 0.315 e. The van der Waals surface area contributed by atoms with Gasteiger partial charge in [0.25, 0.3) is 0 Å². The standard InChI is InChI=1S/C31H48O9/c1-17-8-9-26(3)10-12-28(5)23-21(34)24(35)29(18(2)32)16-40-19(14-20(33)38-6)22(29)27(23,4)11-13-30(28,25(36)39-7)31(26,37)15-17/h8,18-19,21-24,32,34-35,37H,9-16H2,1-7H3/t18-,19-,21+,22+,23+,24+,26-,27+,28-,29-,30+,31+/m1/s1. The lowest BCUT2D eigenvalue weighted by Crippen LogP contribution is -2.80. The van der Waals surface area contributed by atoms with E-state index in [1.165, 1.54) is 14.2 Å². The summed E-state index contributed by atoms with van der Waals surface area (Å²) in [6.07, 6.45) is 0.584. The van der Waals surface area contributed by atoms with Crippen molar-refractivity contribution in [1.29, 1.82) is 0 Å². The van der Waals surface area contributed by atoms with Gasteiger partial charge in [-0.25, -0.2) is 0 Å². The summed E-state index contributed by atoms with van der Waals surface area (Å²) in [5, 5.41) is 48.1. The molecule has 4 N–H and O–H groups in total. The summed E-state index contributed by atoms with van der Waals surface area (Å²) in [5.41, 5.74) is -5.26. The molecule has 1 heterocycles. The molecule has 0 radical (unpaired) electrons. The van der Waals surface area contributed by atoms with Gasteiger partial charge >= 0.3 is 11.9 Å². The minimum Gasteiger partial charge on any atom is -0.469 e. The summed E-state index contributed by atoms with van der Waals surface area (Å²) in [6.45, 7) is 9.65. The van der Waals surface area contributed by atoms with Crippen LogP contribution in [0.5, 0.6) is 0 Å². The topological polar surface area (TPSA) is 143 Å². The van der Waals surface area contributed by atoms with Gasteiger partial charge in [-0.1, -0.05) is 32.4 Å². The average Bonchev–Trinajstić information content (AvgIpc) is 3.29. The molecule has 0 aromatic rings. The maximum absolute atomic E-state index is 14.2. The van der Waals surface area contributed by atoms with Gasteiger partial charge in [0.1, 0.15) is 5.41 Å². The first-order valence-corrected chi connectivity index (χ1v) is 14.8. The van der Waals surface area contributed by atoms with Crippen LogP contribution in [0.1, 0.15) is 79.6 Å². The Morgan fingerprint density at radius 1 is 1.07 bits per heavy atom. The van der Waals surface area contributed by atoms with Crippen LogP contribution in [-0.2, 0) is 23.8 Å². The molecule has 226 valence electrons. The second kappa shape index (κ2) is 9.24. The van der Waals surface area contributed by atoms with Gasteiger partial charge in [-0.3, -0.25) is 9.59 Å². The SMILES string of the molecule is COC(=O)C[C@H]1OC[C@]2([C@@H](C)O)[C@@H](O)[C@@H](O)[C@H]3[C@@](C)(CC[C@@]4(C(=O)OC)[C@]5(O)CC(C)=CC[C@]5(C)CC[C@]34C)[C@H]12. The van der Waals surface area contributed by atoms with Crippen LogP contribution in [0.3, 0.4) is 0 Å². The third-order valence-electron chi connectivity index (χ3n) is 13.1. The minimum absolute atomic E-state index is 0.0115. The van der Waals surface area contributed by atoms with Gasteiger partial charge in [0.15, 0.2) is 0 Å². The van der Waals surface area contributed by atoms with E-state index in [1.54, 1.807) is 6.92 Å². The maximum Gasteiger partial charge on any atom is 0.315 e. The van der Waals surface area contributed by atoms with E-state index in [2.05, 4.69) is 13.0 Å². The quantitative estimate of drug-likeness (QED) is 0.299. The molecular weight excluding hydrogens is 516 g/mol. The zero-order valence-electron chi connectivity index (χ0n) is 25.0. The van der Waals surface area contributed by atoms with E-state index in [9.17, 15) is 30.0 Å². The maximum atomic E-state index is 14.2. The van der Waals surface area contributed by atoms with Crippen LogP contribution in [0.4, 0.5) is 0 Å². The van der Waals surface area contributed by atoms with Gasteiger partial charge < -0.3 is 34.6 Å². The van der Waals surface area contributed by atoms with E-state index in [1.807, 2.05) is 20.8 Å². The Morgan fingerprint density at radius 3 is 2.35 bits per heavy atom. The van der Waals surface area contributed by atoms with Crippen molar-refractivity contribution in [3.63, 3.8) is 0 Å². The number of esters is 2. The number of allylic oxidation sites excluding steroid dienone is 1. The summed E-state index contributed by atoms with van der Waals surface area (Å²) in [5.74, 6) is -2.10. The molecule has 1 aliphatic heterocycles. The van der Waals surface area contributed by atoms with Crippen LogP contribution >= 0.6 is 0 Å². The highest BCUT2D eigenvalue weighted by Crippen LogP contribution is 2.79. The second-order valence-electron chi connectivity index (χ2n) is 14.5. The van der Waals surface area contributed by atoms with Gasteiger partial charge in [-0.15, -0.1) is 0 Å². The highest BCUT2D eigenvalue weighted by molar-refractivity contribution is 5.81. The lowest BCUT2D eigenvalue weighted by Gasteiger charge is -2.75. The first kappa shape index (κ1) is 30.0. The highest BCUT2D eigenvalue weighted by Gasteiger charge is 2.82. The number of methoxy groups -OCH3 is 2. The molecule has 4 fully saturated rings. The number of carbonyl (C=O) groups excluding carboxylic acids is 2. The molecule has 9 heteroatoms. The van der Waals surface area contributed by atoms with Gasteiger partial charge in [0.05, 0.1) is 62.7 Å². The summed E-state index contributed by atoms with van der Waals surface area (Å²) in [6, 6.07) is 0. The second-order valence-corrected chi connectivity index (χ2v) is 14.5. The van der Waals surface area contributed by atoms with Crippen molar-refractivity contribution in [3.05, 3.63) is 11.6 Å². The predicted octanol–water partition coefficient (Wildman–Crippen LogP) is 2.52. The van der Waals surface area contributed by atoms with Crippen molar-refractivity contribution in [2.24, 2.45) is 38.9 Å². The van der Waals surface area contributed by atoms with E-state index in [-0.39, 0.29) is 13.0 Å². The first-order valence-electron chi connectivity index (χ1n) is 14.8. The highest BCUT2D eigenvalue weighted by atomic mass is 16.5. The minimum atomic E-state index is -1.43. The lowest BCUT2D eigenvalue weighted by molar-refractivity contribution is -0.333. The third-order valence-corrected chi connectivity index (χ3v) is 13.1. The van der Waals surface area contributed by atoms with Crippen molar-refractivity contribution in [3.8, 4) is 0 Å². The van der Waals surface area contributed by atoms with E-state index < -0.39 is 80.9 Å². The number of hydrogen-bond donors (Lipinski definition) is 4. The van der Waals surface area contributed by atoms with Crippen molar-refractivity contribution < 1.29 is 44.2 Å². The fraction of sp³-hybridized carbons (Fsp3) is 0.871. The number of aliphatic hydroxyl groups excluding tert-OH is 3. The van der Waals surface area contributed by atoms with Gasteiger partial charge in [0.2, 0.25) is 0 Å². The summed E-state index contributed by atoms with van der Waals surface area (Å²) >= 11 is 0. The molecule has 1 saturated heterocycles. The molecule has 5 aliphatic rings. The van der Waals surface area contributed by atoms with E-state index in [4.69, 9.17) is 14.2 Å². The molecular formula is C31H48O9. The van der Waals surface area contributed by atoms with Crippen LogP contribution in [0.15, 0.2) is 11.6 Å². The van der Waals surface area contributed by atoms with Crippen molar-refractivity contribution in [2.75, 3.05) is 20.8 Å². The van der Waals surface area contributed by atoms with Crippen LogP contribution in [-0.4, -0.2) is 83.2 Å². The normalized spacial score (nSPS) is 52.3. The first-order chi connectivity index (χ1) is 18.6. The Balaban J connectivity index is 1.73. The zero-order chi connectivity index (χ0) is 29.7. The summed E-state index contributed by atoms with van der Waals surface area (Å²) in [4.78, 5) is 26.7. The van der Waals surface area contributed by atoms with Crippen LogP contribution < -0.4 is 0 Å². The van der Waals surface area contributed by atoms with Gasteiger partial charge in [0, 0.05) is 11.3 Å². The Morgan fingerprint density at radius 2 is 1.75 bits per heavy atom. The van der Waals surface area contributed by atoms with E-state index >= 15 is 0 Å².